The second-order valence-electron chi connectivity index (χ2n) is 4.56. The molecule has 1 saturated heterocycles. The normalized spacial score (nSPS) is 15.5. The van der Waals surface area contributed by atoms with Gasteiger partial charge in [0.15, 0.2) is 0 Å². The Hall–Kier alpha value is -1.77. The standard InChI is InChI=1S/C14H17N3/c1-16-13(17-9-5-6-10-17)11-15-14(16)12-7-3-2-4-8-12/h2-4,7-8,11H,5-6,9-10H2,1H3. The summed E-state index contributed by atoms with van der Waals surface area (Å²) in [6.07, 6.45) is 4.59. The lowest BCUT2D eigenvalue weighted by Crippen LogP contribution is -2.20. The molecule has 0 radical (unpaired) electrons. The van der Waals surface area contributed by atoms with Gasteiger partial charge in [-0.15, -0.1) is 0 Å². The first-order chi connectivity index (χ1) is 8.36. The lowest BCUT2D eigenvalue weighted by atomic mass is 10.2. The van der Waals surface area contributed by atoms with Gasteiger partial charge in [0.2, 0.25) is 0 Å². The third kappa shape index (κ3) is 1.82. The zero-order valence-corrected chi connectivity index (χ0v) is 10.1. The molecule has 0 amide bonds. The van der Waals surface area contributed by atoms with Gasteiger partial charge in [-0.3, -0.25) is 0 Å². The van der Waals surface area contributed by atoms with Gasteiger partial charge in [-0.2, -0.15) is 0 Å². The fourth-order valence-electron chi connectivity index (χ4n) is 2.50. The third-order valence-corrected chi connectivity index (χ3v) is 3.43. The molecular formula is C14H17N3. The molecule has 3 rings (SSSR count). The summed E-state index contributed by atoms with van der Waals surface area (Å²) < 4.78 is 2.20. The predicted octanol–water partition coefficient (Wildman–Crippen LogP) is 2.69. The number of anilines is 1. The van der Waals surface area contributed by atoms with Crippen LogP contribution in [0.2, 0.25) is 0 Å². The lowest BCUT2D eigenvalue weighted by Gasteiger charge is -2.17. The molecule has 1 aliphatic rings. The van der Waals surface area contributed by atoms with Crippen LogP contribution < -0.4 is 4.90 Å². The summed E-state index contributed by atoms with van der Waals surface area (Å²) in [5, 5.41) is 0. The van der Waals surface area contributed by atoms with Crippen molar-refractivity contribution >= 4 is 5.82 Å². The van der Waals surface area contributed by atoms with E-state index in [1.165, 1.54) is 24.2 Å². The molecule has 0 spiro atoms. The van der Waals surface area contributed by atoms with Gasteiger partial charge < -0.3 is 9.47 Å². The van der Waals surface area contributed by atoms with Crippen molar-refractivity contribution < 1.29 is 0 Å². The van der Waals surface area contributed by atoms with Gasteiger partial charge >= 0.3 is 0 Å². The molecule has 1 aromatic carbocycles. The molecule has 0 aliphatic carbocycles. The minimum absolute atomic E-state index is 1.05. The second-order valence-corrected chi connectivity index (χ2v) is 4.56. The largest absolute Gasteiger partial charge is 0.357 e. The first-order valence-electron chi connectivity index (χ1n) is 6.18. The Balaban J connectivity index is 1.97. The molecule has 0 N–H and O–H groups in total. The number of imidazole rings is 1. The molecule has 3 nitrogen and oxygen atoms in total. The zero-order chi connectivity index (χ0) is 11.7. The van der Waals surface area contributed by atoms with Crippen molar-refractivity contribution in [1.82, 2.24) is 9.55 Å². The van der Waals surface area contributed by atoms with Crippen LogP contribution in [0, 0.1) is 0 Å². The molecule has 0 unspecified atom stereocenters. The molecule has 2 heterocycles. The van der Waals surface area contributed by atoms with Crippen LogP contribution in [-0.2, 0) is 7.05 Å². The minimum Gasteiger partial charge on any atom is -0.357 e. The van der Waals surface area contributed by atoms with Gasteiger partial charge in [-0.25, -0.2) is 4.98 Å². The van der Waals surface area contributed by atoms with E-state index in [1.807, 2.05) is 12.3 Å². The van der Waals surface area contributed by atoms with Crippen LogP contribution in [0.3, 0.4) is 0 Å². The summed E-state index contributed by atoms with van der Waals surface area (Å²) in [6, 6.07) is 10.4. The number of rotatable bonds is 2. The number of hydrogen-bond donors (Lipinski definition) is 0. The highest BCUT2D eigenvalue weighted by Crippen LogP contribution is 2.25. The first-order valence-corrected chi connectivity index (χ1v) is 6.18. The number of aromatic nitrogens is 2. The molecule has 3 heteroatoms. The average molecular weight is 227 g/mol. The highest BCUT2D eigenvalue weighted by atomic mass is 15.3. The summed E-state index contributed by atoms with van der Waals surface area (Å²) >= 11 is 0. The molecule has 88 valence electrons. The van der Waals surface area contributed by atoms with E-state index in [1.54, 1.807) is 0 Å². The highest BCUT2D eigenvalue weighted by molar-refractivity contribution is 5.59. The van der Waals surface area contributed by atoms with Gasteiger partial charge in [0, 0.05) is 25.7 Å². The van der Waals surface area contributed by atoms with Crippen LogP contribution >= 0.6 is 0 Å². The Morgan fingerprint density at radius 2 is 1.76 bits per heavy atom. The van der Waals surface area contributed by atoms with Crippen molar-refractivity contribution in [3.8, 4) is 11.4 Å². The maximum Gasteiger partial charge on any atom is 0.141 e. The number of hydrogen-bond acceptors (Lipinski definition) is 2. The van der Waals surface area contributed by atoms with Crippen LogP contribution in [0.5, 0.6) is 0 Å². The second kappa shape index (κ2) is 4.24. The van der Waals surface area contributed by atoms with Crippen molar-refractivity contribution in [2.24, 2.45) is 7.05 Å². The van der Waals surface area contributed by atoms with Crippen LogP contribution in [0.1, 0.15) is 12.8 Å². The van der Waals surface area contributed by atoms with Gasteiger partial charge in [0.1, 0.15) is 11.6 Å². The summed E-state index contributed by atoms with van der Waals surface area (Å²) in [4.78, 5) is 6.97. The molecule has 0 bridgehead atoms. The SMILES string of the molecule is Cn1c(N2CCCC2)cnc1-c1ccccc1. The van der Waals surface area contributed by atoms with Crippen LogP contribution in [0.25, 0.3) is 11.4 Å². The van der Waals surface area contributed by atoms with Gasteiger partial charge in [-0.1, -0.05) is 30.3 Å². The van der Waals surface area contributed by atoms with Crippen molar-refractivity contribution in [2.75, 3.05) is 18.0 Å². The maximum absolute atomic E-state index is 4.55. The van der Waals surface area contributed by atoms with E-state index in [0.29, 0.717) is 0 Å². The summed E-state index contributed by atoms with van der Waals surface area (Å²) in [5.41, 5.74) is 1.18. The fourth-order valence-corrected chi connectivity index (χ4v) is 2.50. The van der Waals surface area contributed by atoms with Crippen molar-refractivity contribution in [3.05, 3.63) is 36.5 Å². The summed E-state index contributed by atoms with van der Waals surface area (Å²) in [5.74, 6) is 2.29. The molecule has 17 heavy (non-hydrogen) atoms. The molecule has 1 fully saturated rings. The summed E-state index contributed by atoms with van der Waals surface area (Å²) in [6.45, 7) is 2.32. The summed E-state index contributed by atoms with van der Waals surface area (Å²) in [7, 11) is 2.10. The van der Waals surface area contributed by atoms with Crippen molar-refractivity contribution in [3.63, 3.8) is 0 Å². The number of benzene rings is 1. The average Bonchev–Trinajstić information content (AvgIpc) is 2.99. The van der Waals surface area contributed by atoms with Crippen molar-refractivity contribution in [1.29, 1.82) is 0 Å². The van der Waals surface area contributed by atoms with E-state index in [4.69, 9.17) is 0 Å². The van der Waals surface area contributed by atoms with E-state index in [-0.39, 0.29) is 0 Å². The minimum atomic E-state index is 1.05. The first kappa shape index (κ1) is 10.4. The Labute approximate surface area is 102 Å². The van der Waals surface area contributed by atoms with Crippen molar-refractivity contribution in [2.45, 2.75) is 12.8 Å². The Morgan fingerprint density at radius 3 is 2.47 bits per heavy atom. The van der Waals surface area contributed by atoms with Crippen LogP contribution in [0.15, 0.2) is 36.5 Å². The quantitative estimate of drug-likeness (QED) is 0.786. The van der Waals surface area contributed by atoms with E-state index < -0.39 is 0 Å². The smallest absolute Gasteiger partial charge is 0.141 e. The molecule has 0 saturated carbocycles. The molecular weight excluding hydrogens is 210 g/mol. The van der Waals surface area contributed by atoms with Crippen LogP contribution in [-0.4, -0.2) is 22.6 Å². The predicted molar refractivity (Wildman–Crippen MR) is 70.1 cm³/mol. The van der Waals surface area contributed by atoms with E-state index in [9.17, 15) is 0 Å². The van der Waals surface area contributed by atoms with E-state index in [0.717, 1.165) is 18.9 Å². The maximum atomic E-state index is 4.55. The Morgan fingerprint density at radius 1 is 1.06 bits per heavy atom. The zero-order valence-electron chi connectivity index (χ0n) is 10.1. The van der Waals surface area contributed by atoms with E-state index >= 15 is 0 Å². The number of nitrogens with zero attached hydrogens (tertiary/aromatic N) is 3. The third-order valence-electron chi connectivity index (χ3n) is 3.43. The highest BCUT2D eigenvalue weighted by Gasteiger charge is 2.17. The Bertz CT molecular complexity index is 495. The van der Waals surface area contributed by atoms with Crippen LogP contribution in [0.4, 0.5) is 5.82 Å². The van der Waals surface area contributed by atoms with Gasteiger partial charge in [0.25, 0.3) is 0 Å². The molecule has 2 aromatic rings. The van der Waals surface area contributed by atoms with Gasteiger partial charge in [-0.05, 0) is 12.8 Å². The Kier molecular flexibility index (Phi) is 2.59. The molecule has 1 aromatic heterocycles. The monoisotopic (exact) mass is 227 g/mol. The molecule has 0 atom stereocenters. The van der Waals surface area contributed by atoms with Gasteiger partial charge in [0.05, 0.1) is 6.20 Å². The topological polar surface area (TPSA) is 21.1 Å². The lowest BCUT2D eigenvalue weighted by molar-refractivity contribution is 0.845. The molecule has 1 aliphatic heterocycles. The van der Waals surface area contributed by atoms with E-state index in [2.05, 4.69) is 45.8 Å². The fraction of sp³-hybridized carbons (Fsp3) is 0.357.